The second kappa shape index (κ2) is 8.76. The van der Waals surface area contributed by atoms with Crippen molar-refractivity contribution < 1.29 is 28.1 Å². The van der Waals surface area contributed by atoms with Gasteiger partial charge in [0.2, 0.25) is 0 Å². The molecule has 3 heterocycles. The zero-order valence-corrected chi connectivity index (χ0v) is 15.8. The van der Waals surface area contributed by atoms with E-state index in [1.54, 1.807) is 5.01 Å². The van der Waals surface area contributed by atoms with Crippen LogP contribution in [0.3, 0.4) is 0 Å². The normalized spacial score (nSPS) is 14.5. The maximum atomic E-state index is 11.9. The Morgan fingerprint density at radius 3 is 2.76 bits per heavy atom. The van der Waals surface area contributed by atoms with Crippen molar-refractivity contribution in [1.29, 1.82) is 0 Å². The van der Waals surface area contributed by atoms with Crippen molar-refractivity contribution in [3.8, 4) is 23.1 Å². The van der Waals surface area contributed by atoms with Gasteiger partial charge in [0.1, 0.15) is 18.1 Å². The molecule has 0 bridgehead atoms. The third kappa shape index (κ3) is 4.73. The molecule has 0 aliphatic carbocycles. The third-order valence-corrected chi connectivity index (χ3v) is 4.32. The highest BCUT2D eigenvalue weighted by molar-refractivity contribution is 5.69. The number of hydrogen-bond acceptors (Lipinski definition) is 9. The maximum Gasteiger partial charge on any atom is 0.429 e. The molecule has 1 N–H and O–H groups in total. The summed E-state index contributed by atoms with van der Waals surface area (Å²) in [6, 6.07) is 11.1. The molecule has 2 aromatic heterocycles. The van der Waals surface area contributed by atoms with Crippen molar-refractivity contribution >= 4 is 6.09 Å². The van der Waals surface area contributed by atoms with Crippen LogP contribution in [-0.2, 0) is 11.3 Å². The highest BCUT2D eigenvalue weighted by atomic mass is 16.7. The van der Waals surface area contributed by atoms with Crippen LogP contribution >= 0.6 is 0 Å². The van der Waals surface area contributed by atoms with Gasteiger partial charge >= 0.3 is 12.0 Å². The summed E-state index contributed by atoms with van der Waals surface area (Å²) in [4.78, 5) is 11.9. The van der Waals surface area contributed by atoms with Crippen LogP contribution in [0.5, 0.6) is 11.8 Å². The molecule has 0 radical (unpaired) electrons. The summed E-state index contributed by atoms with van der Waals surface area (Å²) in [6.45, 7) is 4.25. The number of rotatable bonds is 6. The van der Waals surface area contributed by atoms with Crippen molar-refractivity contribution in [3.05, 3.63) is 47.7 Å². The van der Waals surface area contributed by atoms with Gasteiger partial charge in [0.15, 0.2) is 0 Å². The first kappa shape index (κ1) is 19.0. The molecule has 29 heavy (non-hydrogen) atoms. The minimum atomic E-state index is -0.671. The van der Waals surface area contributed by atoms with Crippen molar-refractivity contribution in [2.45, 2.75) is 13.5 Å². The molecule has 0 unspecified atom stereocenters. The Bertz CT molecular complexity index is 949. The van der Waals surface area contributed by atoms with Crippen LogP contribution in [0, 0.1) is 6.92 Å². The second-order valence-electron chi connectivity index (χ2n) is 6.31. The number of amides is 1. The van der Waals surface area contributed by atoms with Crippen molar-refractivity contribution in [1.82, 2.24) is 20.7 Å². The van der Waals surface area contributed by atoms with Crippen LogP contribution in [0.2, 0.25) is 0 Å². The molecule has 1 saturated heterocycles. The fourth-order valence-corrected chi connectivity index (χ4v) is 2.81. The predicted octanol–water partition coefficient (Wildman–Crippen LogP) is 2.55. The van der Waals surface area contributed by atoms with E-state index in [-0.39, 0.29) is 18.4 Å². The van der Waals surface area contributed by atoms with E-state index in [1.165, 1.54) is 6.07 Å². The summed E-state index contributed by atoms with van der Waals surface area (Å²) >= 11 is 0. The van der Waals surface area contributed by atoms with E-state index in [2.05, 4.69) is 15.7 Å². The summed E-state index contributed by atoms with van der Waals surface area (Å²) in [6.07, 6.45) is -0.671. The summed E-state index contributed by atoms with van der Waals surface area (Å²) in [5.74, 6) is 0.753. The van der Waals surface area contributed by atoms with Gasteiger partial charge in [-0.2, -0.15) is 0 Å². The molecule has 152 valence electrons. The average Bonchev–Trinajstić information content (AvgIpc) is 3.34. The molecule has 1 fully saturated rings. The van der Waals surface area contributed by atoms with E-state index >= 15 is 0 Å². The van der Waals surface area contributed by atoms with Crippen LogP contribution < -0.4 is 14.9 Å². The topological polar surface area (TPSA) is 112 Å². The number of aromatic nitrogens is 2. The number of carbonyl (C=O) groups excluding carboxylic acids is 1. The maximum absolute atomic E-state index is 11.9. The fraction of sp³-hybridized carbons (Fsp3) is 0.316. The first-order valence-corrected chi connectivity index (χ1v) is 9.10. The van der Waals surface area contributed by atoms with E-state index in [0.717, 1.165) is 11.1 Å². The molecular weight excluding hydrogens is 380 g/mol. The van der Waals surface area contributed by atoms with Gasteiger partial charge < -0.3 is 23.3 Å². The summed E-state index contributed by atoms with van der Waals surface area (Å²) in [5, 5.41) is 9.58. The van der Waals surface area contributed by atoms with Gasteiger partial charge in [-0.25, -0.2) is 9.80 Å². The monoisotopic (exact) mass is 400 g/mol. The Labute approximate surface area is 166 Å². The van der Waals surface area contributed by atoms with Crippen LogP contribution in [0.4, 0.5) is 4.79 Å². The number of hydrazine groups is 1. The minimum absolute atomic E-state index is 0.0731. The number of morpholine rings is 1. The third-order valence-electron chi connectivity index (χ3n) is 4.32. The Morgan fingerprint density at radius 1 is 1.17 bits per heavy atom. The number of nitrogens with zero attached hydrogens (tertiary/aromatic N) is 3. The number of nitrogens with one attached hydrogen (secondary N) is 1. The van der Waals surface area contributed by atoms with Gasteiger partial charge in [0.25, 0.3) is 5.88 Å². The van der Waals surface area contributed by atoms with Crippen molar-refractivity contribution in [2.75, 3.05) is 26.3 Å². The average molecular weight is 400 g/mol. The smallest absolute Gasteiger partial charge is 0.429 e. The van der Waals surface area contributed by atoms with Gasteiger partial charge in [-0.1, -0.05) is 35.5 Å². The minimum Gasteiger partial charge on any atom is -0.470 e. The highest BCUT2D eigenvalue weighted by Gasteiger charge is 2.18. The first-order chi connectivity index (χ1) is 14.2. The second-order valence-corrected chi connectivity index (χ2v) is 6.31. The van der Waals surface area contributed by atoms with Gasteiger partial charge in [-0.15, -0.1) is 0 Å². The fourth-order valence-electron chi connectivity index (χ4n) is 2.81. The predicted molar refractivity (Wildman–Crippen MR) is 99.1 cm³/mol. The quantitative estimate of drug-likeness (QED) is 0.667. The SMILES string of the molecule is Cc1onc(-c2ccccc2)c1COc1cc(OC(=O)NN2CCOCC2)on1. The van der Waals surface area contributed by atoms with E-state index in [1.807, 2.05) is 37.3 Å². The lowest BCUT2D eigenvalue weighted by atomic mass is 10.1. The van der Waals surface area contributed by atoms with Gasteiger partial charge in [-0.3, -0.25) is 5.43 Å². The molecule has 10 heteroatoms. The molecule has 10 nitrogen and oxygen atoms in total. The van der Waals surface area contributed by atoms with Gasteiger partial charge in [-0.05, 0) is 12.1 Å². The molecule has 1 amide bonds. The van der Waals surface area contributed by atoms with Crippen LogP contribution in [0.25, 0.3) is 11.3 Å². The Balaban J connectivity index is 1.34. The number of hydrogen-bond donors (Lipinski definition) is 1. The summed E-state index contributed by atoms with van der Waals surface area (Å²) in [7, 11) is 0. The molecule has 1 aliphatic rings. The van der Waals surface area contributed by atoms with Crippen molar-refractivity contribution in [3.63, 3.8) is 0 Å². The van der Waals surface area contributed by atoms with E-state index in [0.29, 0.717) is 37.8 Å². The number of carbonyl (C=O) groups is 1. The van der Waals surface area contributed by atoms with Crippen LogP contribution in [-0.4, -0.2) is 47.7 Å². The molecule has 0 spiro atoms. The Morgan fingerprint density at radius 2 is 1.97 bits per heavy atom. The number of ether oxygens (including phenoxy) is 3. The molecule has 1 aliphatic heterocycles. The standard InChI is InChI=1S/C19H20N4O6/c1-13-15(18(22-28-13)14-5-3-2-4-6-14)12-26-16-11-17(29-21-16)27-19(24)20-23-7-9-25-10-8-23/h2-6,11H,7-10,12H2,1H3,(H,20,24). The van der Waals surface area contributed by atoms with Crippen LogP contribution in [0.1, 0.15) is 11.3 Å². The summed E-state index contributed by atoms with van der Waals surface area (Å²) in [5.41, 5.74) is 5.03. The van der Waals surface area contributed by atoms with Gasteiger partial charge in [0, 0.05) is 18.7 Å². The van der Waals surface area contributed by atoms with Crippen LogP contribution in [0.15, 0.2) is 45.4 Å². The molecule has 0 atom stereocenters. The highest BCUT2D eigenvalue weighted by Crippen LogP contribution is 2.27. The lowest BCUT2D eigenvalue weighted by molar-refractivity contribution is 0.0143. The number of aryl methyl sites for hydroxylation is 1. The summed E-state index contributed by atoms with van der Waals surface area (Å²) < 4.78 is 26.3. The Hall–Kier alpha value is -3.37. The van der Waals surface area contributed by atoms with E-state index in [9.17, 15) is 4.79 Å². The Kier molecular flexibility index (Phi) is 5.73. The van der Waals surface area contributed by atoms with Crippen molar-refractivity contribution in [2.24, 2.45) is 0 Å². The molecular formula is C19H20N4O6. The lowest BCUT2D eigenvalue weighted by Gasteiger charge is -2.25. The lowest BCUT2D eigenvalue weighted by Crippen LogP contribution is -2.49. The zero-order chi connectivity index (χ0) is 20.1. The van der Waals surface area contributed by atoms with Gasteiger partial charge in [0.05, 0.1) is 24.8 Å². The number of benzene rings is 1. The van der Waals surface area contributed by atoms with E-state index < -0.39 is 6.09 Å². The molecule has 3 aromatic rings. The molecule has 0 saturated carbocycles. The largest absolute Gasteiger partial charge is 0.470 e. The molecule has 1 aromatic carbocycles. The molecule has 4 rings (SSSR count). The first-order valence-electron chi connectivity index (χ1n) is 9.10. The zero-order valence-electron chi connectivity index (χ0n) is 15.8. The van der Waals surface area contributed by atoms with E-state index in [4.69, 9.17) is 23.3 Å².